The average Bonchev–Trinajstić information content (AvgIpc) is 2.18. The highest BCUT2D eigenvalue weighted by molar-refractivity contribution is 6.42. The zero-order valence-corrected chi connectivity index (χ0v) is 9.12. The van der Waals surface area contributed by atoms with Crippen molar-refractivity contribution in [3.05, 3.63) is 33.8 Å². The molecule has 0 aliphatic heterocycles. The van der Waals surface area contributed by atoms with Crippen LogP contribution < -0.4 is 0 Å². The smallest absolute Gasteiger partial charge is 0.174 e. The number of hydrogen-bond acceptors (Lipinski definition) is 1. The lowest BCUT2D eigenvalue weighted by Gasteiger charge is -1.99. The summed E-state index contributed by atoms with van der Waals surface area (Å²) in [7, 11) is 0. The van der Waals surface area contributed by atoms with Gasteiger partial charge in [-0.2, -0.15) is 0 Å². The van der Waals surface area contributed by atoms with Gasteiger partial charge in [0.1, 0.15) is 0 Å². The van der Waals surface area contributed by atoms with E-state index in [-0.39, 0.29) is 12.2 Å². The minimum atomic E-state index is -0.0436. The number of halogens is 2. The fraction of sp³-hybridized carbons (Fsp3) is 0.182. The molecule has 1 aromatic rings. The molecule has 0 unspecified atom stereocenters. The fourth-order valence-corrected chi connectivity index (χ4v) is 1.24. The van der Waals surface area contributed by atoms with Gasteiger partial charge >= 0.3 is 0 Å². The summed E-state index contributed by atoms with van der Waals surface area (Å²) in [6, 6.07) is 4.81. The third-order valence-electron chi connectivity index (χ3n) is 1.67. The molecule has 0 saturated carbocycles. The summed E-state index contributed by atoms with van der Waals surface area (Å²) >= 11 is 11.5. The summed E-state index contributed by atoms with van der Waals surface area (Å²) < 4.78 is 0. The fourth-order valence-electron chi connectivity index (χ4n) is 0.940. The third-order valence-corrected chi connectivity index (χ3v) is 2.41. The van der Waals surface area contributed by atoms with Crippen LogP contribution in [-0.4, -0.2) is 5.78 Å². The Bertz CT molecular complexity index is 413. The maximum Gasteiger partial charge on any atom is 0.174 e. The molecular formula is C11H8Cl2O. The summed E-state index contributed by atoms with van der Waals surface area (Å²) in [4.78, 5) is 11.5. The number of hydrogen-bond donors (Lipinski definition) is 0. The number of ketones is 1. The Morgan fingerprint density at radius 1 is 1.36 bits per heavy atom. The second-order valence-electron chi connectivity index (χ2n) is 2.66. The summed E-state index contributed by atoms with van der Waals surface area (Å²) in [5, 5.41) is 0.840. The van der Waals surface area contributed by atoms with Crippen LogP contribution in [0.25, 0.3) is 0 Å². The molecule has 0 aromatic heterocycles. The van der Waals surface area contributed by atoms with E-state index in [1.54, 1.807) is 25.1 Å². The van der Waals surface area contributed by atoms with Gasteiger partial charge in [0.05, 0.1) is 16.5 Å². The first-order chi connectivity index (χ1) is 6.65. The Labute approximate surface area is 93.0 Å². The van der Waals surface area contributed by atoms with Crippen molar-refractivity contribution < 1.29 is 4.79 Å². The van der Waals surface area contributed by atoms with Crippen LogP contribution in [0.5, 0.6) is 0 Å². The highest BCUT2D eigenvalue weighted by Gasteiger charge is 2.06. The first kappa shape index (κ1) is 11.1. The molecule has 0 heterocycles. The zero-order chi connectivity index (χ0) is 10.6. The molecular weight excluding hydrogens is 219 g/mol. The maximum atomic E-state index is 11.5. The molecule has 0 radical (unpaired) electrons. The molecule has 72 valence electrons. The Hall–Kier alpha value is -0.970. The van der Waals surface area contributed by atoms with Crippen molar-refractivity contribution in [1.82, 2.24) is 0 Å². The summed E-state index contributed by atoms with van der Waals surface area (Å²) in [6.45, 7) is 1.70. The summed E-state index contributed by atoms with van der Waals surface area (Å²) in [5.41, 5.74) is 0.544. The van der Waals surface area contributed by atoms with Crippen molar-refractivity contribution in [2.24, 2.45) is 0 Å². The van der Waals surface area contributed by atoms with Crippen LogP contribution >= 0.6 is 23.2 Å². The summed E-state index contributed by atoms with van der Waals surface area (Å²) in [5.74, 6) is 5.33. The Morgan fingerprint density at radius 3 is 2.64 bits per heavy atom. The van der Waals surface area contributed by atoms with Gasteiger partial charge in [0.2, 0.25) is 0 Å². The minimum Gasteiger partial charge on any atom is -0.293 e. The first-order valence-electron chi connectivity index (χ1n) is 4.03. The van der Waals surface area contributed by atoms with Gasteiger partial charge in [-0.15, -0.1) is 5.92 Å². The molecule has 0 fully saturated rings. The second-order valence-corrected chi connectivity index (χ2v) is 3.47. The lowest BCUT2D eigenvalue weighted by atomic mass is 10.1. The zero-order valence-electron chi connectivity index (χ0n) is 7.60. The molecule has 1 nitrogen and oxygen atoms in total. The average molecular weight is 227 g/mol. The van der Waals surface area contributed by atoms with Crippen molar-refractivity contribution >= 4 is 29.0 Å². The lowest BCUT2D eigenvalue weighted by Crippen LogP contribution is -1.96. The van der Waals surface area contributed by atoms with E-state index < -0.39 is 0 Å². The standard InChI is InChI=1S/C11H8Cl2O/c1-2-3-4-11(14)8-5-6-9(12)10(13)7-8/h5-7H,4H2,1H3. The van der Waals surface area contributed by atoms with Crippen molar-refractivity contribution in [2.45, 2.75) is 13.3 Å². The highest BCUT2D eigenvalue weighted by Crippen LogP contribution is 2.22. The molecule has 0 saturated heterocycles. The molecule has 0 atom stereocenters. The van der Waals surface area contributed by atoms with Crippen LogP contribution in [-0.2, 0) is 0 Å². The van der Waals surface area contributed by atoms with Gasteiger partial charge in [-0.3, -0.25) is 4.79 Å². The predicted molar refractivity (Wildman–Crippen MR) is 58.9 cm³/mol. The molecule has 0 spiro atoms. The van der Waals surface area contributed by atoms with Gasteiger partial charge in [-0.25, -0.2) is 0 Å². The van der Waals surface area contributed by atoms with Gasteiger partial charge in [0.25, 0.3) is 0 Å². The SMILES string of the molecule is CC#CCC(=O)c1ccc(Cl)c(Cl)c1. The van der Waals surface area contributed by atoms with Crippen molar-refractivity contribution in [3.63, 3.8) is 0 Å². The molecule has 14 heavy (non-hydrogen) atoms. The maximum absolute atomic E-state index is 11.5. The van der Waals surface area contributed by atoms with Crippen molar-refractivity contribution in [2.75, 3.05) is 0 Å². The third kappa shape index (κ3) is 2.77. The van der Waals surface area contributed by atoms with Gasteiger partial charge in [0.15, 0.2) is 5.78 Å². The number of rotatable bonds is 2. The van der Waals surface area contributed by atoms with Crippen LogP contribution in [0.4, 0.5) is 0 Å². The van der Waals surface area contributed by atoms with E-state index in [1.807, 2.05) is 0 Å². The molecule has 0 bridgehead atoms. The molecule has 0 aliphatic rings. The van der Waals surface area contributed by atoms with Gasteiger partial charge in [-0.05, 0) is 25.1 Å². The molecule has 0 N–H and O–H groups in total. The van der Waals surface area contributed by atoms with Gasteiger partial charge in [-0.1, -0.05) is 29.1 Å². The Morgan fingerprint density at radius 2 is 2.07 bits per heavy atom. The van der Waals surface area contributed by atoms with Crippen LogP contribution in [0.2, 0.25) is 10.0 Å². The van der Waals surface area contributed by atoms with E-state index in [1.165, 1.54) is 0 Å². The number of Topliss-reactive ketones (excluding diaryl/α,β-unsaturated/α-hetero) is 1. The lowest BCUT2D eigenvalue weighted by molar-refractivity contribution is 0.0998. The van der Waals surface area contributed by atoms with Gasteiger partial charge < -0.3 is 0 Å². The minimum absolute atomic E-state index is 0.0436. The second kappa shape index (κ2) is 5.05. The molecule has 0 amide bonds. The van der Waals surface area contributed by atoms with Crippen molar-refractivity contribution in [1.29, 1.82) is 0 Å². The number of carbonyl (C=O) groups excluding carboxylic acids is 1. The molecule has 3 heteroatoms. The van der Waals surface area contributed by atoms with Crippen LogP contribution in [0.3, 0.4) is 0 Å². The highest BCUT2D eigenvalue weighted by atomic mass is 35.5. The van der Waals surface area contributed by atoms with E-state index in [2.05, 4.69) is 11.8 Å². The molecule has 1 rings (SSSR count). The first-order valence-corrected chi connectivity index (χ1v) is 4.78. The molecule has 0 aliphatic carbocycles. The van der Waals surface area contributed by atoms with Crippen LogP contribution in [0, 0.1) is 11.8 Å². The number of carbonyl (C=O) groups is 1. The van der Waals surface area contributed by atoms with Crippen LogP contribution in [0.15, 0.2) is 18.2 Å². The van der Waals surface area contributed by atoms with Crippen LogP contribution in [0.1, 0.15) is 23.7 Å². The van der Waals surface area contributed by atoms with E-state index in [0.717, 1.165) is 0 Å². The predicted octanol–water partition coefficient (Wildman–Crippen LogP) is 3.59. The normalized spacial score (nSPS) is 9.07. The largest absolute Gasteiger partial charge is 0.293 e. The Balaban J connectivity index is 2.89. The van der Waals surface area contributed by atoms with E-state index in [4.69, 9.17) is 23.2 Å². The quantitative estimate of drug-likeness (QED) is 0.557. The topological polar surface area (TPSA) is 17.1 Å². The number of benzene rings is 1. The summed E-state index contributed by atoms with van der Waals surface area (Å²) in [6.07, 6.45) is 0.217. The van der Waals surface area contributed by atoms with Crippen molar-refractivity contribution in [3.8, 4) is 11.8 Å². The van der Waals surface area contributed by atoms with E-state index in [0.29, 0.717) is 15.6 Å². The monoisotopic (exact) mass is 226 g/mol. The molecule has 1 aromatic carbocycles. The van der Waals surface area contributed by atoms with E-state index >= 15 is 0 Å². The van der Waals surface area contributed by atoms with E-state index in [9.17, 15) is 4.79 Å². The Kier molecular flexibility index (Phi) is 4.00. The van der Waals surface area contributed by atoms with Gasteiger partial charge in [0, 0.05) is 5.56 Å².